The largest absolute Gasteiger partial charge is 0.493 e. The smallest absolute Gasteiger partial charge is 0.387 e. The van der Waals surface area contributed by atoms with E-state index in [-0.39, 0.29) is 24.0 Å². The molecule has 0 aliphatic heterocycles. The van der Waals surface area contributed by atoms with E-state index >= 15 is 0 Å². The van der Waals surface area contributed by atoms with Crippen LogP contribution in [-0.4, -0.2) is 24.2 Å². The molecule has 0 saturated heterocycles. The summed E-state index contributed by atoms with van der Waals surface area (Å²) in [6.07, 6.45) is 3.83. The lowest BCUT2D eigenvalue weighted by Gasteiger charge is -2.13. The highest BCUT2D eigenvalue weighted by Crippen LogP contribution is 2.29. The van der Waals surface area contributed by atoms with Gasteiger partial charge in [-0.05, 0) is 54.4 Å². The van der Waals surface area contributed by atoms with Crippen molar-refractivity contribution < 1.29 is 23.0 Å². The van der Waals surface area contributed by atoms with Crippen molar-refractivity contribution in [3.63, 3.8) is 0 Å². The molecule has 1 amide bonds. The zero-order chi connectivity index (χ0) is 20.1. The molecule has 0 aliphatic carbocycles. The van der Waals surface area contributed by atoms with Crippen molar-refractivity contribution in [1.82, 2.24) is 9.88 Å². The molecule has 0 atom stereocenters. The molecule has 28 heavy (non-hydrogen) atoms. The number of benzene rings is 2. The van der Waals surface area contributed by atoms with Crippen LogP contribution in [-0.2, 0) is 6.54 Å². The third kappa shape index (κ3) is 4.49. The number of nitrogens with one attached hydrogen (secondary N) is 1. The van der Waals surface area contributed by atoms with Crippen LogP contribution in [0, 0.1) is 6.92 Å². The van der Waals surface area contributed by atoms with Crippen LogP contribution in [0.5, 0.6) is 11.5 Å². The maximum absolute atomic E-state index is 12.5. The highest BCUT2D eigenvalue weighted by molar-refractivity contribution is 5.94. The van der Waals surface area contributed by atoms with Gasteiger partial charge in [0.15, 0.2) is 11.5 Å². The summed E-state index contributed by atoms with van der Waals surface area (Å²) in [7, 11) is 1.37. The van der Waals surface area contributed by atoms with E-state index in [9.17, 15) is 13.6 Å². The van der Waals surface area contributed by atoms with Crippen molar-refractivity contribution >= 4 is 5.91 Å². The first-order valence-electron chi connectivity index (χ1n) is 8.62. The molecule has 3 rings (SSSR count). The fourth-order valence-corrected chi connectivity index (χ4v) is 2.82. The van der Waals surface area contributed by atoms with Gasteiger partial charge in [-0.1, -0.05) is 12.1 Å². The number of aromatic nitrogens is 1. The van der Waals surface area contributed by atoms with Crippen LogP contribution in [0.3, 0.4) is 0 Å². The number of carbonyl (C=O) groups is 1. The van der Waals surface area contributed by atoms with E-state index in [4.69, 9.17) is 4.74 Å². The predicted octanol–water partition coefficient (Wildman–Crippen LogP) is 4.33. The fraction of sp³-hybridized carbons (Fsp3) is 0.190. The summed E-state index contributed by atoms with van der Waals surface area (Å²) in [5.41, 5.74) is 3.20. The number of nitrogens with zero attached hydrogens (tertiary/aromatic N) is 1. The molecule has 0 unspecified atom stereocenters. The highest BCUT2D eigenvalue weighted by Gasteiger charge is 2.13. The number of rotatable bonds is 7. The second-order valence-corrected chi connectivity index (χ2v) is 6.14. The molecule has 1 N–H and O–H groups in total. The van der Waals surface area contributed by atoms with Gasteiger partial charge in [-0.25, -0.2) is 0 Å². The standard InChI is InChI=1S/C21H20F2N2O3/c1-14-5-7-16(12-17(14)25-9-3-4-10-25)20(26)24-13-15-6-8-18(28-21(22)23)19(11-15)27-2/h3-12,21H,13H2,1-2H3,(H,24,26). The van der Waals surface area contributed by atoms with Crippen molar-refractivity contribution in [2.75, 3.05) is 7.11 Å². The second kappa shape index (κ2) is 8.56. The maximum atomic E-state index is 12.5. The van der Waals surface area contributed by atoms with Gasteiger partial charge < -0.3 is 19.4 Å². The molecule has 1 heterocycles. The minimum atomic E-state index is -2.93. The summed E-state index contributed by atoms with van der Waals surface area (Å²) in [4.78, 5) is 12.5. The molecule has 1 aromatic heterocycles. The van der Waals surface area contributed by atoms with Crippen LogP contribution in [0.4, 0.5) is 8.78 Å². The Kier molecular flexibility index (Phi) is 5.93. The Morgan fingerprint density at radius 1 is 1.11 bits per heavy atom. The van der Waals surface area contributed by atoms with E-state index in [0.717, 1.165) is 11.3 Å². The van der Waals surface area contributed by atoms with Gasteiger partial charge in [0, 0.05) is 30.2 Å². The topological polar surface area (TPSA) is 52.5 Å². The van der Waals surface area contributed by atoms with Crippen LogP contribution >= 0.6 is 0 Å². The zero-order valence-corrected chi connectivity index (χ0v) is 15.5. The van der Waals surface area contributed by atoms with E-state index in [1.54, 1.807) is 18.2 Å². The Morgan fingerprint density at radius 2 is 1.86 bits per heavy atom. The van der Waals surface area contributed by atoms with Crippen molar-refractivity contribution in [2.24, 2.45) is 0 Å². The Hall–Kier alpha value is -3.35. The first-order chi connectivity index (χ1) is 13.5. The highest BCUT2D eigenvalue weighted by atomic mass is 19.3. The summed E-state index contributed by atoms with van der Waals surface area (Å²) in [5, 5.41) is 2.83. The number of carbonyl (C=O) groups excluding carboxylic acids is 1. The average Bonchev–Trinajstić information content (AvgIpc) is 3.21. The Labute approximate surface area is 161 Å². The van der Waals surface area contributed by atoms with Crippen molar-refractivity contribution in [2.45, 2.75) is 20.1 Å². The normalized spacial score (nSPS) is 10.8. The summed E-state index contributed by atoms with van der Waals surface area (Å²) >= 11 is 0. The van der Waals surface area contributed by atoms with E-state index in [1.165, 1.54) is 13.2 Å². The number of alkyl halides is 2. The first kappa shape index (κ1) is 19.4. The number of methoxy groups -OCH3 is 1. The molecule has 3 aromatic rings. The summed E-state index contributed by atoms with van der Waals surface area (Å²) in [5.74, 6) is -0.111. The van der Waals surface area contributed by atoms with Gasteiger partial charge in [0.05, 0.1) is 7.11 Å². The molecule has 0 saturated carbocycles. The minimum absolute atomic E-state index is 0.0533. The third-order valence-corrected chi connectivity index (χ3v) is 4.25. The lowest BCUT2D eigenvalue weighted by Crippen LogP contribution is -2.23. The first-order valence-corrected chi connectivity index (χ1v) is 8.62. The number of aryl methyl sites for hydroxylation is 1. The fourth-order valence-electron chi connectivity index (χ4n) is 2.82. The molecule has 0 spiro atoms. The molecule has 2 aromatic carbocycles. The molecule has 0 bridgehead atoms. The zero-order valence-electron chi connectivity index (χ0n) is 15.5. The quantitative estimate of drug-likeness (QED) is 0.658. The van der Waals surface area contributed by atoms with Gasteiger partial charge in [0.1, 0.15) is 0 Å². The van der Waals surface area contributed by atoms with Crippen molar-refractivity contribution in [3.05, 3.63) is 77.6 Å². The number of ether oxygens (including phenoxy) is 2. The molecular formula is C21H20F2N2O3. The Balaban J connectivity index is 1.71. The van der Waals surface area contributed by atoms with Crippen LogP contribution in [0.1, 0.15) is 21.5 Å². The van der Waals surface area contributed by atoms with E-state index in [0.29, 0.717) is 11.1 Å². The second-order valence-electron chi connectivity index (χ2n) is 6.14. The van der Waals surface area contributed by atoms with E-state index in [2.05, 4.69) is 10.1 Å². The van der Waals surface area contributed by atoms with Crippen LogP contribution in [0.15, 0.2) is 60.9 Å². The van der Waals surface area contributed by atoms with Gasteiger partial charge >= 0.3 is 6.61 Å². The lowest BCUT2D eigenvalue weighted by molar-refractivity contribution is -0.0512. The summed E-state index contributed by atoms with van der Waals surface area (Å²) in [6.45, 7) is -0.737. The van der Waals surface area contributed by atoms with Crippen molar-refractivity contribution in [3.8, 4) is 17.2 Å². The molecular weight excluding hydrogens is 366 g/mol. The maximum Gasteiger partial charge on any atom is 0.387 e. The molecule has 5 nitrogen and oxygen atoms in total. The SMILES string of the molecule is COc1cc(CNC(=O)c2ccc(C)c(-n3cccc3)c2)ccc1OC(F)F. The minimum Gasteiger partial charge on any atom is -0.493 e. The van der Waals surface area contributed by atoms with Crippen LogP contribution in [0.2, 0.25) is 0 Å². The number of halogens is 2. The number of hydrogen-bond acceptors (Lipinski definition) is 3. The van der Waals surface area contributed by atoms with Gasteiger partial charge in [-0.3, -0.25) is 4.79 Å². The molecule has 0 aliphatic rings. The number of amides is 1. The van der Waals surface area contributed by atoms with Crippen LogP contribution < -0.4 is 14.8 Å². The van der Waals surface area contributed by atoms with Gasteiger partial charge in [-0.2, -0.15) is 8.78 Å². The Bertz CT molecular complexity index is 956. The van der Waals surface area contributed by atoms with E-state index < -0.39 is 6.61 Å². The van der Waals surface area contributed by atoms with Gasteiger partial charge in [0.2, 0.25) is 0 Å². The summed E-state index contributed by atoms with van der Waals surface area (Å²) in [6, 6.07) is 13.9. The molecule has 7 heteroatoms. The molecule has 146 valence electrons. The average molecular weight is 386 g/mol. The summed E-state index contributed by atoms with van der Waals surface area (Å²) < 4.78 is 36.2. The Morgan fingerprint density at radius 3 is 2.54 bits per heavy atom. The molecule has 0 fully saturated rings. The van der Waals surface area contributed by atoms with Crippen LogP contribution in [0.25, 0.3) is 5.69 Å². The van der Waals surface area contributed by atoms with Gasteiger partial charge in [0.25, 0.3) is 5.91 Å². The third-order valence-electron chi connectivity index (χ3n) is 4.25. The number of hydrogen-bond donors (Lipinski definition) is 1. The lowest BCUT2D eigenvalue weighted by atomic mass is 10.1. The van der Waals surface area contributed by atoms with Gasteiger partial charge in [-0.15, -0.1) is 0 Å². The molecule has 0 radical (unpaired) electrons. The predicted molar refractivity (Wildman–Crippen MR) is 101 cm³/mol. The van der Waals surface area contributed by atoms with Crippen molar-refractivity contribution in [1.29, 1.82) is 0 Å². The van der Waals surface area contributed by atoms with E-state index in [1.807, 2.05) is 48.1 Å². The monoisotopic (exact) mass is 386 g/mol.